The fourth-order valence-corrected chi connectivity index (χ4v) is 3.29. The summed E-state index contributed by atoms with van der Waals surface area (Å²) in [5, 5.41) is 0. The number of para-hydroxylation sites is 1. The van der Waals surface area contributed by atoms with Crippen molar-refractivity contribution in [2.75, 3.05) is 7.11 Å². The first-order chi connectivity index (χ1) is 13.1. The molecular weight excluding hydrogens is 341 g/mol. The van der Waals surface area contributed by atoms with Crippen LogP contribution in [0.1, 0.15) is 18.5 Å². The van der Waals surface area contributed by atoms with Crippen LogP contribution in [-0.4, -0.2) is 16.7 Å². The molecule has 0 saturated carbocycles. The molecule has 1 atom stereocenters. The summed E-state index contributed by atoms with van der Waals surface area (Å²) in [6.45, 7) is 1.95. The highest BCUT2D eigenvalue weighted by molar-refractivity contribution is 5.79. The highest BCUT2D eigenvalue weighted by atomic mass is 19.1. The molecule has 0 fully saturated rings. The Balaban J connectivity index is 1.82. The summed E-state index contributed by atoms with van der Waals surface area (Å²) in [4.78, 5) is 4.51. The van der Waals surface area contributed by atoms with E-state index in [1.165, 1.54) is 13.2 Å². The van der Waals surface area contributed by atoms with Crippen LogP contribution >= 0.6 is 0 Å². The zero-order valence-electron chi connectivity index (χ0n) is 15.2. The number of hydrogen-bond donors (Lipinski definition) is 1. The van der Waals surface area contributed by atoms with E-state index in [0.717, 1.165) is 27.8 Å². The Bertz CT molecular complexity index is 1120. The minimum Gasteiger partial charge on any atom is -0.493 e. The normalized spacial score (nSPS) is 12.3. The molecule has 4 rings (SSSR count). The number of nitrogens with zero attached hydrogens (tertiary/aromatic N) is 2. The molecular formula is C22H20FN3O. The van der Waals surface area contributed by atoms with Crippen molar-refractivity contribution in [2.45, 2.75) is 13.0 Å². The van der Waals surface area contributed by atoms with E-state index in [9.17, 15) is 4.39 Å². The van der Waals surface area contributed by atoms with E-state index in [0.29, 0.717) is 5.56 Å². The third kappa shape index (κ3) is 3.06. The van der Waals surface area contributed by atoms with Crippen LogP contribution in [0.3, 0.4) is 0 Å². The Hall–Kier alpha value is -3.18. The average molecular weight is 361 g/mol. The molecule has 2 N–H and O–H groups in total. The maximum absolute atomic E-state index is 14.1. The SMILES string of the molecule is COc1c(F)cccc1-c1cccc(-n2cnc3cc([C@@H](C)N)ccc32)c1. The van der Waals surface area contributed by atoms with Gasteiger partial charge in [0.2, 0.25) is 0 Å². The fraction of sp³-hybridized carbons (Fsp3) is 0.136. The van der Waals surface area contributed by atoms with Gasteiger partial charge in [-0.15, -0.1) is 0 Å². The standard InChI is InChI=1S/C22H20FN3O/c1-14(24)15-9-10-21-20(12-15)25-13-26(21)17-6-3-5-16(11-17)18-7-4-8-19(23)22(18)27-2/h3-14H,24H2,1-2H3/t14-/m1/s1. The maximum Gasteiger partial charge on any atom is 0.165 e. The van der Waals surface area contributed by atoms with Crippen LogP contribution in [0.4, 0.5) is 4.39 Å². The first-order valence-corrected chi connectivity index (χ1v) is 8.74. The molecule has 136 valence electrons. The Morgan fingerprint density at radius 1 is 1.07 bits per heavy atom. The fourth-order valence-electron chi connectivity index (χ4n) is 3.29. The summed E-state index contributed by atoms with van der Waals surface area (Å²) in [6, 6.07) is 18.8. The molecule has 0 aliphatic carbocycles. The van der Waals surface area contributed by atoms with E-state index in [2.05, 4.69) is 4.98 Å². The van der Waals surface area contributed by atoms with Crippen molar-refractivity contribution in [3.05, 3.63) is 78.4 Å². The average Bonchev–Trinajstić information content (AvgIpc) is 3.11. The van der Waals surface area contributed by atoms with Gasteiger partial charge in [0.15, 0.2) is 11.6 Å². The number of aromatic nitrogens is 2. The number of hydrogen-bond acceptors (Lipinski definition) is 3. The van der Waals surface area contributed by atoms with Crippen molar-refractivity contribution >= 4 is 11.0 Å². The summed E-state index contributed by atoms with van der Waals surface area (Å²) >= 11 is 0. The van der Waals surface area contributed by atoms with Crippen LogP contribution in [0.2, 0.25) is 0 Å². The second-order valence-corrected chi connectivity index (χ2v) is 6.52. The molecule has 0 bridgehead atoms. The van der Waals surface area contributed by atoms with Crippen molar-refractivity contribution in [1.82, 2.24) is 9.55 Å². The number of ether oxygens (including phenoxy) is 1. The molecule has 1 heterocycles. The number of halogens is 1. The van der Waals surface area contributed by atoms with Gasteiger partial charge in [0.05, 0.1) is 18.1 Å². The van der Waals surface area contributed by atoms with Crippen LogP contribution in [-0.2, 0) is 0 Å². The summed E-state index contributed by atoms with van der Waals surface area (Å²) in [5.41, 5.74) is 11.4. The molecule has 27 heavy (non-hydrogen) atoms. The highest BCUT2D eigenvalue weighted by Crippen LogP contribution is 2.33. The lowest BCUT2D eigenvalue weighted by atomic mass is 10.0. The molecule has 1 aromatic heterocycles. The smallest absolute Gasteiger partial charge is 0.165 e. The largest absolute Gasteiger partial charge is 0.493 e. The third-order valence-corrected chi connectivity index (χ3v) is 4.70. The number of nitrogens with two attached hydrogens (primary N) is 1. The Morgan fingerprint density at radius 2 is 1.89 bits per heavy atom. The molecule has 0 saturated heterocycles. The van der Waals surface area contributed by atoms with Crippen molar-refractivity contribution in [3.8, 4) is 22.6 Å². The lowest BCUT2D eigenvalue weighted by molar-refractivity contribution is 0.388. The van der Waals surface area contributed by atoms with E-state index in [1.807, 2.05) is 60.0 Å². The van der Waals surface area contributed by atoms with Crippen molar-refractivity contribution in [3.63, 3.8) is 0 Å². The molecule has 4 aromatic rings. The van der Waals surface area contributed by atoms with E-state index in [1.54, 1.807) is 12.4 Å². The molecule has 3 aromatic carbocycles. The second-order valence-electron chi connectivity index (χ2n) is 6.52. The van der Waals surface area contributed by atoms with Crippen LogP contribution in [0, 0.1) is 5.82 Å². The number of benzene rings is 3. The predicted octanol–water partition coefficient (Wildman–Crippen LogP) is 4.86. The minimum absolute atomic E-state index is 0.0386. The molecule has 0 spiro atoms. The van der Waals surface area contributed by atoms with Gasteiger partial charge in [-0.2, -0.15) is 0 Å². The molecule has 0 amide bonds. The van der Waals surface area contributed by atoms with E-state index >= 15 is 0 Å². The molecule has 0 radical (unpaired) electrons. The number of imidazole rings is 1. The number of methoxy groups -OCH3 is 1. The van der Waals surface area contributed by atoms with Gasteiger partial charge >= 0.3 is 0 Å². The van der Waals surface area contributed by atoms with Gasteiger partial charge < -0.3 is 10.5 Å². The highest BCUT2D eigenvalue weighted by Gasteiger charge is 2.12. The van der Waals surface area contributed by atoms with Crippen LogP contribution in [0.25, 0.3) is 27.8 Å². The zero-order valence-corrected chi connectivity index (χ0v) is 15.2. The molecule has 0 aliphatic heterocycles. The van der Waals surface area contributed by atoms with Crippen LogP contribution in [0.15, 0.2) is 67.0 Å². The summed E-state index contributed by atoms with van der Waals surface area (Å²) < 4.78 is 21.3. The summed E-state index contributed by atoms with van der Waals surface area (Å²) in [7, 11) is 1.48. The van der Waals surface area contributed by atoms with Gasteiger partial charge in [-0.3, -0.25) is 4.57 Å². The van der Waals surface area contributed by atoms with E-state index < -0.39 is 0 Å². The monoisotopic (exact) mass is 361 g/mol. The number of rotatable bonds is 4. The Labute approximate surface area is 157 Å². The van der Waals surface area contributed by atoms with Crippen molar-refractivity contribution < 1.29 is 9.13 Å². The third-order valence-electron chi connectivity index (χ3n) is 4.70. The molecule has 0 aliphatic rings. The first kappa shape index (κ1) is 17.2. The predicted molar refractivity (Wildman–Crippen MR) is 106 cm³/mol. The number of fused-ring (bicyclic) bond motifs is 1. The van der Waals surface area contributed by atoms with Gasteiger partial charge in [0.25, 0.3) is 0 Å². The molecule has 0 unspecified atom stereocenters. The van der Waals surface area contributed by atoms with E-state index in [4.69, 9.17) is 10.5 Å². The lowest BCUT2D eigenvalue weighted by Gasteiger charge is -2.12. The van der Waals surface area contributed by atoms with Crippen molar-refractivity contribution in [1.29, 1.82) is 0 Å². The Morgan fingerprint density at radius 3 is 2.67 bits per heavy atom. The van der Waals surface area contributed by atoms with Gasteiger partial charge in [-0.25, -0.2) is 9.37 Å². The van der Waals surface area contributed by atoms with Gasteiger partial charge in [-0.1, -0.05) is 30.3 Å². The van der Waals surface area contributed by atoms with Gasteiger partial charge in [-0.05, 0) is 48.4 Å². The first-order valence-electron chi connectivity index (χ1n) is 8.74. The quantitative estimate of drug-likeness (QED) is 0.565. The maximum atomic E-state index is 14.1. The zero-order chi connectivity index (χ0) is 19.0. The van der Waals surface area contributed by atoms with Crippen LogP contribution in [0.5, 0.6) is 5.75 Å². The Kier molecular flexibility index (Phi) is 4.38. The van der Waals surface area contributed by atoms with Gasteiger partial charge in [0, 0.05) is 17.3 Å². The summed E-state index contributed by atoms with van der Waals surface area (Å²) in [5.74, 6) is -0.136. The lowest BCUT2D eigenvalue weighted by Crippen LogP contribution is -2.04. The minimum atomic E-state index is -0.378. The topological polar surface area (TPSA) is 53.1 Å². The van der Waals surface area contributed by atoms with Crippen molar-refractivity contribution in [2.24, 2.45) is 5.73 Å². The second kappa shape index (κ2) is 6.85. The summed E-state index contributed by atoms with van der Waals surface area (Å²) in [6.07, 6.45) is 1.79. The molecule has 5 heteroatoms. The van der Waals surface area contributed by atoms with Crippen LogP contribution < -0.4 is 10.5 Å². The molecule has 4 nitrogen and oxygen atoms in total. The van der Waals surface area contributed by atoms with Gasteiger partial charge in [0.1, 0.15) is 6.33 Å². The van der Waals surface area contributed by atoms with E-state index in [-0.39, 0.29) is 17.6 Å².